The van der Waals surface area contributed by atoms with E-state index in [4.69, 9.17) is 0 Å². The van der Waals surface area contributed by atoms with Gasteiger partial charge in [0, 0.05) is 18.0 Å². The molecule has 0 bridgehead atoms. The molecule has 0 saturated heterocycles. The van der Waals surface area contributed by atoms with Crippen molar-refractivity contribution in [3.05, 3.63) is 120 Å². The van der Waals surface area contributed by atoms with Crippen LogP contribution in [0, 0.1) is 5.92 Å². The molecule has 5 aromatic rings. The zero-order chi connectivity index (χ0) is 31.4. The van der Waals surface area contributed by atoms with Crippen LogP contribution < -0.4 is 48.2 Å². The fourth-order valence-electron chi connectivity index (χ4n) is 7.36. The Hall–Kier alpha value is -2.92. The number of aromatic nitrogens is 2. The molecule has 3 aliphatic rings. The van der Waals surface area contributed by atoms with Gasteiger partial charge in [-0.3, -0.25) is 9.36 Å². The molecule has 1 aliphatic heterocycles. The standard InChI is InChI=1S/C39H38N3OS3.HI/c1-4-40-31-13-9-10-14-32(31)44-34(40)22-25-15-16-26-17-18-28(23-29(26)21-25)38-39(43)42(6-3)36(46-38)24-35-41(5-2)37-30-12-8-7-11-27(30)19-20-33(37)45-35;/h7-14,19-24,26H,4-6,15-18H2,1-3H3;1H/q+1;/p-1/b34-22-,38-28+;. The molecule has 3 aromatic carbocycles. The van der Waals surface area contributed by atoms with Crippen LogP contribution in [-0.4, -0.2) is 11.1 Å². The predicted molar refractivity (Wildman–Crippen MR) is 197 cm³/mol. The summed E-state index contributed by atoms with van der Waals surface area (Å²) >= 11 is 5.36. The van der Waals surface area contributed by atoms with Gasteiger partial charge in [-0.2, -0.15) is 4.57 Å². The minimum absolute atomic E-state index is 0. The number of anilines is 1. The first kappa shape index (κ1) is 32.6. The summed E-state index contributed by atoms with van der Waals surface area (Å²) in [4.78, 5) is 17.7. The molecule has 0 radical (unpaired) electrons. The number of thioether (sulfide) groups is 1. The van der Waals surface area contributed by atoms with E-state index in [-0.39, 0.29) is 29.5 Å². The SMILES string of the molecule is CCN1/C(=C/C2=CC3=C/C(=c4/s/c(=C\c5sc6ccc7ccccc7c6[n+]5CC)n(CC)c4=O)CCC3CC2)Sc2ccccc21.[I-]. The first-order valence-electron chi connectivity index (χ1n) is 16.5. The van der Waals surface area contributed by atoms with Gasteiger partial charge in [-0.05, 0) is 105 Å². The van der Waals surface area contributed by atoms with Gasteiger partial charge in [0.25, 0.3) is 10.6 Å². The van der Waals surface area contributed by atoms with Crippen molar-refractivity contribution < 1.29 is 28.5 Å². The molecule has 8 heteroatoms. The Balaban J connectivity index is 0.00000351. The molecule has 8 rings (SSSR count). The van der Waals surface area contributed by atoms with E-state index >= 15 is 0 Å². The molecule has 1 unspecified atom stereocenters. The second-order valence-corrected chi connectivity index (χ2v) is 15.4. The van der Waals surface area contributed by atoms with Crippen molar-refractivity contribution in [3.63, 3.8) is 0 Å². The third-order valence-corrected chi connectivity index (χ3v) is 13.1. The molecule has 47 heavy (non-hydrogen) atoms. The normalized spacial score (nSPS) is 20.0. The number of hydrogen-bond acceptors (Lipinski definition) is 5. The molecule has 0 N–H and O–H groups in total. The number of fused-ring (bicyclic) bond motifs is 5. The van der Waals surface area contributed by atoms with E-state index in [1.807, 2.05) is 27.7 Å². The van der Waals surface area contributed by atoms with E-state index < -0.39 is 0 Å². The molecule has 0 spiro atoms. The average Bonchev–Trinajstić information content (AvgIpc) is 3.73. The number of nitrogens with zero attached hydrogens (tertiary/aromatic N) is 3. The van der Waals surface area contributed by atoms with Gasteiger partial charge < -0.3 is 28.9 Å². The van der Waals surface area contributed by atoms with Gasteiger partial charge in [0.1, 0.15) is 15.9 Å². The molecule has 4 nitrogen and oxygen atoms in total. The summed E-state index contributed by atoms with van der Waals surface area (Å²) < 4.78 is 7.61. The van der Waals surface area contributed by atoms with Gasteiger partial charge in [0.15, 0.2) is 0 Å². The molecular formula is C39H38IN3OS3. The van der Waals surface area contributed by atoms with E-state index in [0.717, 1.165) is 41.5 Å². The fourth-order valence-corrected chi connectivity index (χ4v) is 11.0. The molecule has 1 atom stereocenters. The maximum Gasteiger partial charge on any atom is 0.269 e. The van der Waals surface area contributed by atoms with Gasteiger partial charge in [-0.25, -0.2) is 0 Å². The zero-order valence-corrected chi connectivity index (χ0v) is 31.6. The lowest BCUT2D eigenvalue weighted by molar-refractivity contribution is -0.664. The number of benzene rings is 3. The summed E-state index contributed by atoms with van der Waals surface area (Å²) in [6, 6.07) is 21.8. The highest BCUT2D eigenvalue weighted by molar-refractivity contribution is 8.03. The summed E-state index contributed by atoms with van der Waals surface area (Å²) in [5.41, 5.74) is 6.74. The monoisotopic (exact) mass is 787 g/mol. The Morgan fingerprint density at radius 3 is 2.53 bits per heavy atom. The molecule has 240 valence electrons. The van der Waals surface area contributed by atoms with E-state index in [0.29, 0.717) is 12.5 Å². The van der Waals surface area contributed by atoms with Crippen LogP contribution in [0.25, 0.3) is 32.6 Å². The minimum atomic E-state index is 0. The smallest absolute Gasteiger partial charge is 0.269 e. The lowest BCUT2D eigenvalue weighted by Crippen LogP contribution is -3.00. The van der Waals surface area contributed by atoms with E-state index in [2.05, 4.69) is 115 Å². The number of allylic oxidation sites excluding steroid dienone is 5. The molecule has 0 saturated carbocycles. The summed E-state index contributed by atoms with van der Waals surface area (Å²) in [6.45, 7) is 9.04. The highest BCUT2D eigenvalue weighted by Crippen LogP contribution is 2.47. The molecule has 3 heterocycles. The van der Waals surface area contributed by atoms with Crippen LogP contribution in [0.5, 0.6) is 0 Å². The van der Waals surface area contributed by atoms with Crippen LogP contribution in [0.3, 0.4) is 0 Å². The highest BCUT2D eigenvalue weighted by Gasteiger charge is 2.27. The van der Waals surface area contributed by atoms with Crippen LogP contribution >= 0.6 is 34.4 Å². The topological polar surface area (TPSA) is 29.1 Å². The largest absolute Gasteiger partial charge is 1.00 e. The van der Waals surface area contributed by atoms with Crippen molar-refractivity contribution in [3.8, 4) is 0 Å². The van der Waals surface area contributed by atoms with Crippen LogP contribution in [0.4, 0.5) is 5.69 Å². The van der Waals surface area contributed by atoms with Crippen molar-refractivity contribution in [2.45, 2.75) is 64.4 Å². The lowest BCUT2D eigenvalue weighted by Gasteiger charge is -2.28. The molecular weight excluding hydrogens is 750 g/mol. The van der Waals surface area contributed by atoms with E-state index in [1.54, 1.807) is 11.3 Å². The Morgan fingerprint density at radius 1 is 0.894 bits per heavy atom. The van der Waals surface area contributed by atoms with Crippen molar-refractivity contribution in [1.82, 2.24) is 4.57 Å². The summed E-state index contributed by atoms with van der Waals surface area (Å²) in [5.74, 6) is 0.581. The summed E-state index contributed by atoms with van der Waals surface area (Å²) in [5, 5.41) is 5.05. The van der Waals surface area contributed by atoms with Crippen molar-refractivity contribution in [2.75, 3.05) is 11.4 Å². The molecule has 2 aromatic heterocycles. The summed E-state index contributed by atoms with van der Waals surface area (Å²) in [7, 11) is 0. The minimum Gasteiger partial charge on any atom is -1.00 e. The maximum absolute atomic E-state index is 13.9. The van der Waals surface area contributed by atoms with Crippen LogP contribution in [0.1, 0.15) is 51.5 Å². The lowest BCUT2D eigenvalue weighted by atomic mass is 9.77. The average molecular weight is 788 g/mol. The number of aryl methyl sites for hydroxylation is 1. The number of para-hydroxylation sites is 1. The zero-order valence-electron chi connectivity index (χ0n) is 27.0. The second-order valence-electron chi connectivity index (χ2n) is 12.2. The quantitative estimate of drug-likeness (QED) is 0.183. The molecule has 0 fully saturated rings. The fraction of sp³-hybridized carbons (Fsp3) is 0.282. The second kappa shape index (κ2) is 13.5. The Labute approximate surface area is 305 Å². The van der Waals surface area contributed by atoms with Crippen LogP contribution in [0.2, 0.25) is 0 Å². The number of hydrogen-bond donors (Lipinski definition) is 0. The van der Waals surface area contributed by atoms with Gasteiger partial charge in [0.05, 0.1) is 26.7 Å². The van der Waals surface area contributed by atoms with Crippen LogP contribution in [0.15, 0.2) is 105 Å². The number of halogens is 1. The van der Waals surface area contributed by atoms with Gasteiger partial charge in [0.2, 0.25) is 5.52 Å². The van der Waals surface area contributed by atoms with E-state index in [1.165, 1.54) is 64.7 Å². The number of thiazole rings is 2. The Morgan fingerprint density at radius 2 is 1.70 bits per heavy atom. The molecule has 2 aliphatic carbocycles. The third kappa shape index (κ3) is 5.79. The maximum atomic E-state index is 13.9. The predicted octanol–water partition coefficient (Wildman–Crippen LogP) is 5.12. The van der Waals surface area contributed by atoms with Gasteiger partial charge in [-0.15, -0.1) is 11.3 Å². The highest BCUT2D eigenvalue weighted by atomic mass is 127. The van der Waals surface area contributed by atoms with Gasteiger partial charge in [-0.1, -0.05) is 71.6 Å². The third-order valence-electron chi connectivity index (χ3n) is 9.67. The Bertz CT molecular complexity index is 2300. The van der Waals surface area contributed by atoms with Gasteiger partial charge >= 0.3 is 0 Å². The Kier molecular flexibility index (Phi) is 9.39. The van der Waals surface area contributed by atoms with Crippen molar-refractivity contribution in [1.29, 1.82) is 0 Å². The summed E-state index contributed by atoms with van der Waals surface area (Å²) in [6.07, 6.45) is 13.8. The number of rotatable bonds is 5. The molecule has 0 amide bonds. The van der Waals surface area contributed by atoms with Crippen LogP contribution in [-0.2, 0) is 13.1 Å². The van der Waals surface area contributed by atoms with E-state index in [9.17, 15) is 4.79 Å². The first-order chi connectivity index (χ1) is 22.6. The van der Waals surface area contributed by atoms with Crippen molar-refractivity contribution in [2.24, 2.45) is 5.92 Å². The van der Waals surface area contributed by atoms with Crippen molar-refractivity contribution >= 4 is 72.8 Å². The first-order valence-corrected chi connectivity index (χ1v) is 19.0.